The molecule has 0 spiro atoms. The quantitative estimate of drug-likeness (QED) is 0.710. The summed E-state index contributed by atoms with van der Waals surface area (Å²) in [6, 6.07) is 10.1. The molecule has 0 unspecified atom stereocenters. The average Bonchev–Trinajstić information content (AvgIpc) is 2.03. The Bertz CT molecular complexity index is 231. The molecule has 1 aromatic rings. The van der Waals surface area contributed by atoms with Crippen LogP contribution in [0.5, 0.6) is 0 Å². The van der Waals surface area contributed by atoms with Crippen LogP contribution in [0, 0.1) is 37.7 Å². The van der Waals surface area contributed by atoms with E-state index in [1.807, 2.05) is 30.3 Å². The summed E-state index contributed by atoms with van der Waals surface area (Å²) in [5, 5.41) is 0. The number of hydrogen-bond donors (Lipinski definition) is 0. The van der Waals surface area contributed by atoms with E-state index in [0.717, 1.165) is 6.42 Å². The first kappa shape index (κ1) is 12.1. The predicted molar refractivity (Wildman–Crippen MR) is 45.4 cm³/mol. The van der Waals surface area contributed by atoms with E-state index in [1.165, 1.54) is 5.56 Å². The van der Waals surface area contributed by atoms with Crippen molar-refractivity contribution in [3.63, 3.8) is 0 Å². The fraction of sp³-hybridized carbons (Fsp3) is 0.300. The van der Waals surface area contributed by atoms with Crippen molar-refractivity contribution in [2.75, 3.05) is 0 Å². The van der Waals surface area contributed by atoms with Crippen LogP contribution in [0.1, 0.15) is 18.9 Å². The van der Waals surface area contributed by atoms with Crippen molar-refractivity contribution in [1.29, 1.82) is 0 Å². The van der Waals surface area contributed by atoms with E-state index in [4.69, 9.17) is 0 Å². The smallest absolute Gasteiger partial charge is 0.130 e. The van der Waals surface area contributed by atoms with Gasteiger partial charge in [-0.05, 0) is 18.9 Å². The molecule has 0 aliphatic carbocycles. The van der Waals surface area contributed by atoms with Crippen LogP contribution >= 0.6 is 0 Å². The Balaban J connectivity index is 0.00000121. The Kier molecular flexibility index (Phi) is 6.73. The summed E-state index contributed by atoms with van der Waals surface area (Å²) in [5.41, 5.74) is 1.24. The van der Waals surface area contributed by atoms with Gasteiger partial charge >= 0.3 is 0 Å². The summed E-state index contributed by atoms with van der Waals surface area (Å²) < 4.78 is 0. The number of hydrogen-bond acceptors (Lipinski definition) is 1. The third-order valence-electron chi connectivity index (χ3n) is 1.61. The zero-order valence-electron chi connectivity index (χ0n) is 7.06. The van der Waals surface area contributed by atoms with Gasteiger partial charge in [0.05, 0.1) is 0 Å². The Labute approximate surface area is 103 Å². The first-order chi connectivity index (χ1) is 5.29. The Hall–Kier alpha value is 0.150. The number of aryl methyl sites for hydroxylation is 1. The van der Waals surface area contributed by atoms with Crippen LogP contribution in [-0.2, 0) is 11.2 Å². The first-order valence-corrected chi connectivity index (χ1v) is 3.82. The molecule has 2 heteroatoms. The van der Waals surface area contributed by atoms with Crippen LogP contribution in [0.25, 0.3) is 0 Å². The van der Waals surface area contributed by atoms with Crippen molar-refractivity contribution in [2.24, 2.45) is 0 Å². The van der Waals surface area contributed by atoms with E-state index in [2.05, 4.69) is 0 Å². The second kappa shape index (κ2) is 6.64. The maximum Gasteiger partial charge on any atom is 0.130 e. The molecule has 0 bridgehead atoms. The molecule has 0 aliphatic heterocycles. The molecule has 0 fully saturated rings. The summed E-state index contributed by atoms with van der Waals surface area (Å²) in [4.78, 5) is 10.6. The van der Waals surface area contributed by atoms with E-state index in [-0.39, 0.29) is 43.5 Å². The SMILES string of the molecule is CC(=O)CCc1ccccc1.[Ar]. The number of benzene rings is 1. The maximum absolute atomic E-state index is 10.6. The largest absolute Gasteiger partial charge is 0.300 e. The van der Waals surface area contributed by atoms with Crippen LogP contribution in [0.2, 0.25) is 0 Å². The average molecular weight is 188 g/mol. The third kappa shape index (κ3) is 4.91. The topological polar surface area (TPSA) is 17.1 Å². The minimum atomic E-state index is 0. The molecule has 1 nitrogen and oxygen atoms in total. The van der Waals surface area contributed by atoms with Crippen molar-refractivity contribution in [3.05, 3.63) is 35.9 Å². The summed E-state index contributed by atoms with van der Waals surface area (Å²) in [5.74, 6) is 0.258. The molecule has 0 aromatic heterocycles. The zero-order valence-corrected chi connectivity index (χ0v) is 7.77. The number of carbonyl (C=O) groups excluding carboxylic acids is 1. The van der Waals surface area contributed by atoms with E-state index >= 15 is 0 Å². The monoisotopic (exact) mass is 188 g/mol. The van der Waals surface area contributed by atoms with Gasteiger partial charge in [0, 0.05) is 44.2 Å². The molecule has 0 aliphatic rings. The van der Waals surface area contributed by atoms with Gasteiger partial charge in [0.25, 0.3) is 0 Å². The normalized spacial score (nSPS) is 8.75. The van der Waals surface area contributed by atoms with Gasteiger partial charge in [-0.25, -0.2) is 0 Å². The zero-order chi connectivity index (χ0) is 8.10. The van der Waals surface area contributed by atoms with Gasteiger partial charge in [-0.3, -0.25) is 0 Å². The minimum Gasteiger partial charge on any atom is -0.300 e. The number of ketones is 1. The molecule has 0 saturated heterocycles. The van der Waals surface area contributed by atoms with Crippen LogP contribution < -0.4 is 0 Å². The first-order valence-electron chi connectivity index (χ1n) is 3.82. The molecule has 0 radical (unpaired) electrons. The number of carbonyl (C=O) groups is 1. The number of Topliss-reactive ketones (excluding diaryl/α,β-unsaturated/α-hetero) is 1. The summed E-state index contributed by atoms with van der Waals surface area (Å²) >= 11 is 0. The maximum atomic E-state index is 10.6. The Morgan fingerprint density at radius 1 is 1.25 bits per heavy atom. The van der Waals surface area contributed by atoms with Crippen molar-refractivity contribution in [1.82, 2.24) is 0 Å². The molecular formula is C10H12ArO. The van der Waals surface area contributed by atoms with Crippen molar-refractivity contribution < 1.29 is 42.5 Å². The molecule has 1 aromatic carbocycles. The van der Waals surface area contributed by atoms with E-state index < -0.39 is 0 Å². The van der Waals surface area contributed by atoms with Crippen LogP contribution in [0.3, 0.4) is 0 Å². The van der Waals surface area contributed by atoms with E-state index in [1.54, 1.807) is 6.92 Å². The summed E-state index contributed by atoms with van der Waals surface area (Å²) in [6.45, 7) is 1.63. The molecule has 0 heterocycles. The van der Waals surface area contributed by atoms with E-state index in [9.17, 15) is 4.79 Å². The van der Waals surface area contributed by atoms with Crippen molar-refractivity contribution in [2.45, 2.75) is 19.8 Å². The van der Waals surface area contributed by atoms with Crippen LogP contribution in [0.4, 0.5) is 0 Å². The molecule has 0 amide bonds. The van der Waals surface area contributed by atoms with E-state index in [0.29, 0.717) is 6.42 Å². The van der Waals surface area contributed by atoms with Crippen molar-refractivity contribution in [3.8, 4) is 0 Å². The van der Waals surface area contributed by atoms with Crippen LogP contribution in [0.15, 0.2) is 30.3 Å². The fourth-order valence-corrected chi connectivity index (χ4v) is 0.965. The predicted octanol–water partition coefficient (Wildman–Crippen LogP) is 2.21. The molecule has 0 atom stereocenters. The van der Waals surface area contributed by atoms with Gasteiger partial charge in [0.1, 0.15) is 5.78 Å². The summed E-state index contributed by atoms with van der Waals surface area (Å²) in [7, 11) is 0. The summed E-state index contributed by atoms with van der Waals surface area (Å²) in [6.07, 6.45) is 1.53. The molecule has 0 saturated carbocycles. The van der Waals surface area contributed by atoms with Gasteiger partial charge in [-0.2, -0.15) is 0 Å². The second-order valence-corrected chi connectivity index (χ2v) is 2.69. The molecule has 1 rings (SSSR count). The van der Waals surface area contributed by atoms with Gasteiger partial charge in [-0.1, -0.05) is 30.3 Å². The van der Waals surface area contributed by atoms with Crippen LogP contribution in [-0.4, -0.2) is 5.78 Å². The van der Waals surface area contributed by atoms with Gasteiger partial charge in [0.15, 0.2) is 0 Å². The van der Waals surface area contributed by atoms with Crippen molar-refractivity contribution >= 4 is 5.78 Å². The molecular weight excluding hydrogens is 176 g/mol. The molecule has 0 N–H and O–H groups in total. The Morgan fingerprint density at radius 2 is 1.83 bits per heavy atom. The van der Waals surface area contributed by atoms with Gasteiger partial charge in [-0.15, -0.1) is 0 Å². The molecule has 12 heavy (non-hydrogen) atoms. The van der Waals surface area contributed by atoms with Gasteiger partial charge in [0.2, 0.25) is 0 Å². The second-order valence-electron chi connectivity index (χ2n) is 2.69. The molecule has 66 valence electrons. The Morgan fingerprint density at radius 3 is 2.33 bits per heavy atom. The minimum absolute atomic E-state index is 0. The third-order valence-corrected chi connectivity index (χ3v) is 1.61. The van der Waals surface area contributed by atoms with Gasteiger partial charge < -0.3 is 4.79 Å². The standard InChI is InChI=1S/C10H12O.Ar/c1-9(11)7-8-10-5-3-2-4-6-10;/h2-6H,7-8H2,1H3;. The fourth-order valence-electron chi connectivity index (χ4n) is 0.965. The number of rotatable bonds is 3.